The Bertz CT molecular complexity index is 627. The molecular weight excluding hydrogens is 287 g/mol. The van der Waals surface area contributed by atoms with Crippen LogP contribution in [0.3, 0.4) is 0 Å². The molecule has 2 rings (SSSR count). The number of halogens is 1. The fourth-order valence-electron chi connectivity index (χ4n) is 1.95. The highest BCUT2D eigenvalue weighted by atomic mass is 32.2. The second kappa shape index (κ2) is 5.63. The van der Waals surface area contributed by atoms with Crippen molar-refractivity contribution >= 4 is 21.7 Å². The quantitative estimate of drug-likeness (QED) is 0.329. The third-order valence-electron chi connectivity index (χ3n) is 3.02. The van der Waals surface area contributed by atoms with E-state index in [1.54, 1.807) is 0 Å². The molecule has 1 aromatic carbocycles. The van der Waals surface area contributed by atoms with Crippen molar-refractivity contribution in [3.05, 3.63) is 29.6 Å². The molecule has 110 valence electrons. The average molecular weight is 302 g/mol. The molecule has 0 spiro atoms. The van der Waals surface area contributed by atoms with E-state index in [0.29, 0.717) is 13.1 Å². The summed E-state index contributed by atoms with van der Waals surface area (Å²) in [7, 11) is -3.74. The number of nitrogens with one attached hydrogen (secondary N) is 1. The number of anilines is 1. The minimum atomic E-state index is -3.74. The van der Waals surface area contributed by atoms with E-state index in [9.17, 15) is 12.8 Å². The fraction of sp³-hybridized carbons (Fsp3) is 0.364. The number of nitrogens with zero attached hydrogens (tertiary/aromatic N) is 2. The highest BCUT2D eigenvalue weighted by Gasteiger charge is 2.26. The van der Waals surface area contributed by atoms with Crippen molar-refractivity contribution in [3.8, 4) is 0 Å². The lowest BCUT2D eigenvalue weighted by molar-refractivity contribution is 0.318. The molecule has 9 heteroatoms. The van der Waals surface area contributed by atoms with Crippen molar-refractivity contribution in [1.82, 2.24) is 4.31 Å². The zero-order chi connectivity index (χ0) is 14.8. The Balaban J connectivity index is 2.22. The van der Waals surface area contributed by atoms with Crippen LogP contribution >= 0.6 is 0 Å². The van der Waals surface area contributed by atoms with E-state index in [4.69, 9.17) is 10.9 Å². The van der Waals surface area contributed by atoms with Crippen LogP contribution in [0.5, 0.6) is 0 Å². The minimum absolute atomic E-state index is 0.161. The molecule has 0 saturated carbocycles. The van der Waals surface area contributed by atoms with Gasteiger partial charge in [0.05, 0.1) is 5.69 Å². The summed E-state index contributed by atoms with van der Waals surface area (Å²) in [4.78, 5) is 0. The van der Waals surface area contributed by atoms with Crippen molar-refractivity contribution in [2.45, 2.75) is 12.8 Å². The molecule has 1 saturated heterocycles. The van der Waals surface area contributed by atoms with Crippen LogP contribution in [0.2, 0.25) is 0 Å². The van der Waals surface area contributed by atoms with Crippen LogP contribution in [0.15, 0.2) is 23.4 Å². The monoisotopic (exact) mass is 302 g/mol. The predicted octanol–water partition coefficient (Wildman–Crippen LogP) is 0.673. The van der Waals surface area contributed by atoms with Crippen LogP contribution < -0.4 is 10.5 Å². The predicted molar refractivity (Wildman–Crippen MR) is 72.3 cm³/mol. The Labute approximate surface area is 116 Å². The topological polar surface area (TPSA) is 108 Å². The number of rotatable bonds is 4. The van der Waals surface area contributed by atoms with Gasteiger partial charge >= 0.3 is 10.2 Å². The molecule has 1 aliphatic rings. The average Bonchev–Trinajstić information content (AvgIpc) is 2.95. The maximum absolute atomic E-state index is 13.8. The second-order valence-electron chi connectivity index (χ2n) is 4.39. The first-order valence-electron chi connectivity index (χ1n) is 5.99. The van der Waals surface area contributed by atoms with E-state index in [-0.39, 0.29) is 17.1 Å². The summed E-state index contributed by atoms with van der Waals surface area (Å²) in [6.45, 7) is 0.859. The summed E-state index contributed by atoms with van der Waals surface area (Å²) in [6.07, 6.45) is 1.59. The van der Waals surface area contributed by atoms with Crippen molar-refractivity contribution < 1.29 is 18.0 Å². The molecule has 0 unspecified atom stereocenters. The summed E-state index contributed by atoms with van der Waals surface area (Å²) in [6, 6.07) is 3.59. The number of benzene rings is 1. The maximum Gasteiger partial charge on any atom is 0.301 e. The largest absolute Gasteiger partial charge is 0.409 e. The van der Waals surface area contributed by atoms with Gasteiger partial charge in [0.25, 0.3) is 0 Å². The van der Waals surface area contributed by atoms with Gasteiger partial charge in [-0.25, -0.2) is 4.39 Å². The molecule has 0 aromatic heterocycles. The van der Waals surface area contributed by atoms with Gasteiger partial charge < -0.3 is 10.9 Å². The third kappa shape index (κ3) is 2.99. The normalized spacial score (nSPS) is 17.4. The second-order valence-corrected chi connectivity index (χ2v) is 6.06. The van der Waals surface area contributed by atoms with E-state index < -0.39 is 16.0 Å². The van der Waals surface area contributed by atoms with Gasteiger partial charge in [0.1, 0.15) is 5.82 Å². The van der Waals surface area contributed by atoms with E-state index in [1.165, 1.54) is 16.4 Å². The van der Waals surface area contributed by atoms with Crippen molar-refractivity contribution in [3.63, 3.8) is 0 Å². The zero-order valence-corrected chi connectivity index (χ0v) is 11.4. The van der Waals surface area contributed by atoms with Gasteiger partial charge in [-0.3, -0.25) is 4.72 Å². The number of hydrogen-bond acceptors (Lipinski definition) is 4. The molecule has 1 aliphatic heterocycles. The highest BCUT2D eigenvalue weighted by molar-refractivity contribution is 7.90. The third-order valence-corrected chi connectivity index (χ3v) is 4.54. The van der Waals surface area contributed by atoms with Gasteiger partial charge in [0.15, 0.2) is 5.84 Å². The van der Waals surface area contributed by atoms with Crippen LogP contribution in [0.25, 0.3) is 0 Å². The number of amidine groups is 1. The summed E-state index contributed by atoms with van der Waals surface area (Å²) >= 11 is 0. The summed E-state index contributed by atoms with van der Waals surface area (Å²) < 4.78 is 41.3. The van der Waals surface area contributed by atoms with Crippen LogP contribution in [0.1, 0.15) is 18.4 Å². The molecule has 20 heavy (non-hydrogen) atoms. The highest BCUT2D eigenvalue weighted by Crippen LogP contribution is 2.20. The molecule has 1 fully saturated rings. The molecular formula is C11H15FN4O3S. The molecule has 7 nitrogen and oxygen atoms in total. The summed E-state index contributed by atoms with van der Waals surface area (Å²) in [5, 5.41) is 11.2. The molecule has 0 radical (unpaired) electrons. The standard InChI is InChI=1S/C11H15FN4O3S/c12-9-7-8(11(13)14-17)3-4-10(9)15-20(18,19)16-5-1-2-6-16/h3-4,7,15,17H,1-2,5-6H2,(H2,13,14). The number of hydrogen-bond donors (Lipinski definition) is 3. The van der Waals surface area contributed by atoms with E-state index in [0.717, 1.165) is 18.9 Å². The first kappa shape index (κ1) is 14.5. The minimum Gasteiger partial charge on any atom is -0.409 e. The van der Waals surface area contributed by atoms with E-state index >= 15 is 0 Å². The Hall–Kier alpha value is -1.87. The molecule has 1 heterocycles. The molecule has 0 amide bonds. The van der Waals surface area contributed by atoms with Crippen LogP contribution in [0, 0.1) is 5.82 Å². The van der Waals surface area contributed by atoms with E-state index in [2.05, 4.69) is 9.88 Å². The lowest BCUT2D eigenvalue weighted by atomic mass is 10.2. The molecule has 4 N–H and O–H groups in total. The van der Waals surface area contributed by atoms with Gasteiger partial charge in [-0.05, 0) is 31.0 Å². The summed E-state index contributed by atoms with van der Waals surface area (Å²) in [5.41, 5.74) is 5.31. The molecule has 0 atom stereocenters. The van der Waals surface area contributed by atoms with Gasteiger partial charge in [-0.1, -0.05) is 5.16 Å². The number of nitrogens with two attached hydrogens (primary N) is 1. The molecule has 0 aliphatic carbocycles. The van der Waals surface area contributed by atoms with Gasteiger partial charge in [0, 0.05) is 18.7 Å². The molecule has 0 bridgehead atoms. The first-order valence-corrected chi connectivity index (χ1v) is 7.43. The van der Waals surface area contributed by atoms with Gasteiger partial charge in [-0.15, -0.1) is 0 Å². The van der Waals surface area contributed by atoms with Gasteiger partial charge in [0.2, 0.25) is 0 Å². The maximum atomic E-state index is 13.8. The van der Waals surface area contributed by atoms with Crippen molar-refractivity contribution in [2.24, 2.45) is 10.9 Å². The van der Waals surface area contributed by atoms with Crippen LogP contribution in [-0.2, 0) is 10.2 Å². The Morgan fingerprint density at radius 1 is 1.40 bits per heavy atom. The van der Waals surface area contributed by atoms with Crippen molar-refractivity contribution in [1.29, 1.82) is 0 Å². The SMILES string of the molecule is N/C(=N/O)c1ccc(NS(=O)(=O)N2CCCC2)c(F)c1. The fourth-order valence-corrected chi connectivity index (χ4v) is 3.26. The molecule has 1 aromatic rings. The Morgan fingerprint density at radius 2 is 2.05 bits per heavy atom. The van der Waals surface area contributed by atoms with Gasteiger partial charge in [-0.2, -0.15) is 12.7 Å². The number of oxime groups is 1. The first-order chi connectivity index (χ1) is 9.44. The Morgan fingerprint density at radius 3 is 2.60 bits per heavy atom. The lowest BCUT2D eigenvalue weighted by Gasteiger charge is -2.17. The lowest BCUT2D eigenvalue weighted by Crippen LogP contribution is -2.33. The van der Waals surface area contributed by atoms with E-state index in [1.807, 2.05) is 0 Å². The van der Waals surface area contributed by atoms with Crippen LogP contribution in [0.4, 0.5) is 10.1 Å². The van der Waals surface area contributed by atoms with Crippen molar-refractivity contribution in [2.75, 3.05) is 17.8 Å². The van der Waals surface area contributed by atoms with Crippen LogP contribution in [-0.4, -0.2) is 36.9 Å². The smallest absolute Gasteiger partial charge is 0.301 e. The summed E-state index contributed by atoms with van der Waals surface area (Å²) in [5.74, 6) is -1.05. The Kier molecular flexibility index (Phi) is 4.09. The zero-order valence-electron chi connectivity index (χ0n) is 10.6.